The highest BCUT2D eigenvalue weighted by molar-refractivity contribution is 5.84. The van der Waals surface area contributed by atoms with Crippen molar-refractivity contribution in [3.8, 4) is 11.1 Å². The lowest BCUT2D eigenvalue weighted by atomic mass is 10.0. The summed E-state index contributed by atoms with van der Waals surface area (Å²) in [5.41, 5.74) is 1.93. The summed E-state index contributed by atoms with van der Waals surface area (Å²) in [4.78, 5) is 23.6. The second kappa shape index (κ2) is 9.70. The Labute approximate surface area is 191 Å². The third-order valence-corrected chi connectivity index (χ3v) is 5.05. The minimum absolute atomic E-state index is 0.0567. The summed E-state index contributed by atoms with van der Waals surface area (Å²) in [5, 5.41) is 12.2. The summed E-state index contributed by atoms with van der Waals surface area (Å²) >= 11 is 0. The highest BCUT2D eigenvalue weighted by Crippen LogP contribution is 2.28. The van der Waals surface area contributed by atoms with E-state index in [0.29, 0.717) is 27.7 Å². The van der Waals surface area contributed by atoms with Crippen LogP contribution >= 0.6 is 0 Å². The molecule has 174 valence electrons. The normalized spacial score (nSPS) is 11.9. The van der Waals surface area contributed by atoms with E-state index in [1.165, 1.54) is 36.4 Å². The van der Waals surface area contributed by atoms with Crippen LogP contribution in [-0.2, 0) is 22.6 Å². The molecule has 2 N–H and O–H groups in total. The van der Waals surface area contributed by atoms with Crippen LogP contribution in [0, 0.1) is 17.5 Å². The Morgan fingerprint density at radius 3 is 2.26 bits per heavy atom. The zero-order valence-electron chi connectivity index (χ0n) is 17.6. The van der Waals surface area contributed by atoms with Crippen molar-refractivity contribution in [1.29, 1.82) is 0 Å². The maximum atomic E-state index is 13.5. The van der Waals surface area contributed by atoms with Gasteiger partial charge in [0.05, 0.1) is 0 Å². The summed E-state index contributed by atoms with van der Waals surface area (Å²) in [6.07, 6.45) is -1.02. The molecule has 3 aromatic carbocycles. The molecule has 1 amide bonds. The Morgan fingerprint density at radius 1 is 0.882 bits per heavy atom. The molecule has 0 fully saturated rings. The van der Waals surface area contributed by atoms with Crippen molar-refractivity contribution in [3.63, 3.8) is 0 Å². The number of benzene rings is 3. The molecule has 4 aromatic rings. The molecule has 0 aliphatic carbocycles. The van der Waals surface area contributed by atoms with Crippen LogP contribution < -0.4 is 5.32 Å². The maximum absolute atomic E-state index is 13.5. The van der Waals surface area contributed by atoms with Crippen molar-refractivity contribution >= 4 is 23.0 Å². The molecule has 4 rings (SSSR count). The monoisotopic (exact) mass is 469 g/mol. The Bertz CT molecular complexity index is 1330. The van der Waals surface area contributed by atoms with E-state index in [2.05, 4.69) is 5.32 Å². The van der Waals surface area contributed by atoms with Crippen LogP contribution in [0.15, 0.2) is 71.1 Å². The van der Waals surface area contributed by atoms with Gasteiger partial charge in [0.2, 0.25) is 0 Å². The van der Waals surface area contributed by atoms with Crippen LogP contribution in [0.25, 0.3) is 22.1 Å². The molecule has 6 nitrogen and oxygen atoms in total. The van der Waals surface area contributed by atoms with Gasteiger partial charge in [-0.25, -0.2) is 22.8 Å². The molecule has 9 heteroatoms. The van der Waals surface area contributed by atoms with Crippen molar-refractivity contribution in [2.75, 3.05) is 0 Å². The average molecular weight is 469 g/mol. The molecule has 0 radical (unpaired) electrons. The van der Waals surface area contributed by atoms with Gasteiger partial charge in [0.1, 0.15) is 34.8 Å². The van der Waals surface area contributed by atoms with Gasteiger partial charge in [0.25, 0.3) is 0 Å². The predicted octanol–water partition coefficient (Wildman–Crippen LogP) is 5.44. The van der Waals surface area contributed by atoms with Crippen molar-refractivity contribution in [1.82, 2.24) is 5.32 Å². The fourth-order valence-corrected chi connectivity index (χ4v) is 3.45. The van der Waals surface area contributed by atoms with Crippen LogP contribution in [0.4, 0.5) is 18.0 Å². The van der Waals surface area contributed by atoms with Gasteiger partial charge in [-0.2, -0.15) is 0 Å². The Hall–Kier alpha value is -4.27. The topological polar surface area (TPSA) is 88.8 Å². The quantitative estimate of drug-likeness (QED) is 0.376. The van der Waals surface area contributed by atoms with Gasteiger partial charge >= 0.3 is 12.1 Å². The molecular formula is C25H18F3NO5. The average Bonchev–Trinajstić information content (AvgIpc) is 3.20. The fraction of sp³-hybridized carbons (Fsp3) is 0.120. The van der Waals surface area contributed by atoms with Crippen molar-refractivity contribution in [3.05, 3.63) is 95.5 Å². The Morgan fingerprint density at radius 2 is 1.59 bits per heavy atom. The first-order chi connectivity index (χ1) is 16.3. The zero-order chi connectivity index (χ0) is 24.2. The first-order valence-electron chi connectivity index (χ1n) is 10.2. The third kappa shape index (κ3) is 5.55. The minimum Gasteiger partial charge on any atom is -0.480 e. The van der Waals surface area contributed by atoms with Gasteiger partial charge in [0, 0.05) is 17.9 Å². The second-order valence-electron chi connectivity index (χ2n) is 7.57. The van der Waals surface area contributed by atoms with Crippen LogP contribution in [0.3, 0.4) is 0 Å². The number of rotatable bonds is 7. The summed E-state index contributed by atoms with van der Waals surface area (Å²) in [6, 6.07) is 13.7. The van der Waals surface area contributed by atoms with E-state index in [4.69, 9.17) is 9.15 Å². The molecule has 0 saturated heterocycles. The standard InChI is InChI=1S/C25H18F3NO5/c26-18-4-1-14(2-5-18)7-22(24(30)31)29-25(32)33-13-21-11-17-8-15(3-6-23(17)34-21)16-9-19(27)12-20(28)10-16/h1-6,8-12,22H,7,13H2,(H,29,32)(H,30,31). The first-order valence-corrected chi connectivity index (χ1v) is 10.2. The highest BCUT2D eigenvalue weighted by Gasteiger charge is 2.21. The fourth-order valence-electron chi connectivity index (χ4n) is 3.45. The highest BCUT2D eigenvalue weighted by atomic mass is 19.1. The van der Waals surface area contributed by atoms with Crippen molar-refractivity contribution in [2.24, 2.45) is 0 Å². The molecule has 0 spiro atoms. The number of carboxylic acid groups (broad SMARTS) is 1. The van der Waals surface area contributed by atoms with E-state index in [1.807, 2.05) is 0 Å². The molecule has 1 atom stereocenters. The number of alkyl carbamates (subject to hydrolysis) is 1. The van der Waals surface area contributed by atoms with E-state index < -0.39 is 35.6 Å². The number of halogens is 3. The molecule has 34 heavy (non-hydrogen) atoms. The van der Waals surface area contributed by atoms with Gasteiger partial charge in [-0.15, -0.1) is 0 Å². The maximum Gasteiger partial charge on any atom is 0.408 e. The van der Waals surface area contributed by atoms with E-state index in [0.717, 1.165) is 6.07 Å². The zero-order valence-corrected chi connectivity index (χ0v) is 17.6. The second-order valence-corrected chi connectivity index (χ2v) is 7.57. The lowest BCUT2D eigenvalue weighted by Gasteiger charge is -2.14. The Balaban J connectivity index is 1.40. The number of furan rings is 1. The Kier molecular flexibility index (Phi) is 6.53. The number of hydrogen-bond acceptors (Lipinski definition) is 4. The summed E-state index contributed by atoms with van der Waals surface area (Å²) in [5.74, 6) is -2.82. The number of hydrogen-bond donors (Lipinski definition) is 2. The minimum atomic E-state index is -1.28. The number of fused-ring (bicyclic) bond motifs is 1. The number of amides is 1. The molecule has 1 unspecified atom stereocenters. The predicted molar refractivity (Wildman–Crippen MR) is 116 cm³/mol. The number of ether oxygens (including phenoxy) is 1. The first kappa shape index (κ1) is 22.9. The van der Waals surface area contributed by atoms with E-state index in [-0.39, 0.29) is 18.8 Å². The molecular weight excluding hydrogens is 451 g/mol. The molecule has 0 aliphatic heterocycles. The van der Waals surface area contributed by atoms with Crippen LogP contribution in [-0.4, -0.2) is 23.2 Å². The summed E-state index contributed by atoms with van der Waals surface area (Å²) < 4.78 is 50.8. The van der Waals surface area contributed by atoms with Crippen LogP contribution in [0.1, 0.15) is 11.3 Å². The van der Waals surface area contributed by atoms with E-state index in [1.54, 1.807) is 24.3 Å². The summed E-state index contributed by atoms with van der Waals surface area (Å²) in [6.45, 7) is -0.271. The smallest absolute Gasteiger partial charge is 0.408 e. The van der Waals surface area contributed by atoms with Gasteiger partial charge in [0.15, 0.2) is 6.61 Å². The van der Waals surface area contributed by atoms with Gasteiger partial charge in [-0.3, -0.25) is 0 Å². The number of nitrogens with one attached hydrogen (secondary N) is 1. The number of carbonyl (C=O) groups is 2. The van der Waals surface area contributed by atoms with Gasteiger partial charge in [-0.1, -0.05) is 18.2 Å². The molecule has 0 bridgehead atoms. The number of aliphatic carboxylic acids is 1. The van der Waals surface area contributed by atoms with E-state index >= 15 is 0 Å². The summed E-state index contributed by atoms with van der Waals surface area (Å²) in [7, 11) is 0. The molecule has 1 heterocycles. The lowest BCUT2D eigenvalue weighted by Crippen LogP contribution is -2.42. The molecule has 1 aromatic heterocycles. The third-order valence-electron chi connectivity index (χ3n) is 5.05. The largest absolute Gasteiger partial charge is 0.480 e. The van der Waals surface area contributed by atoms with Crippen LogP contribution in [0.5, 0.6) is 0 Å². The number of carboxylic acids is 1. The SMILES string of the molecule is O=C(NC(Cc1ccc(F)cc1)C(=O)O)OCc1cc2cc(-c3cc(F)cc(F)c3)ccc2o1. The van der Waals surface area contributed by atoms with Gasteiger partial charge in [-0.05, 0) is 59.2 Å². The number of carbonyl (C=O) groups excluding carboxylic acids is 1. The molecule has 0 aliphatic rings. The lowest BCUT2D eigenvalue weighted by molar-refractivity contribution is -0.139. The van der Waals surface area contributed by atoms with Gasteiger partial charge < -0.3 is 19.6 Å². The van der Waals surface area contributed by atoms with E-state index in [9.17, 15) is 27.9 Å². The van der Waals surface area contributed by atoms with Crippen LogP contribution in [0.2, 0.25) is 0 Å². The molecule has 0 saturated carbocycles. The van der Waals surface area contributed by atoms with Crippen molar-refractivity contribution in [2.45, 2.75) is 19.1 Å². The van der Waals surface area contributed by atoms with Crippen molar-refractivity contribution < 1.29 is 37.0 Å².